The SMILES string of the molecule is CONC(=O)CCOc1ccccc1/C=C/C(=O)NCc1cccnc1. The van der Waals surface area contributed by atoms with E-state index in [1.165, 1.54) is 13.2 Å². The molecule has 0 aliphatic carbocycles. The topological polar surface area (TPSA) is 89.5 Å². The number of pyridine rings is 1. The lowest BCUT2D eigenvalue weighted by Gasteiger charge is -2.09. The van der Waals surface area contributed by atoms with Crippen LogP contribution in [0.25, 0.3) is 6.08 Å². The number of nitrogens with zero attached hydrogens (tertiary/aromatic N) is 1. The monoisotopic (exact) mass is 355 g/mol. The first-order valence-corrected chi connectivity index (χ1v) is 8.07. The average Bonchev–Trinajstić information content (AvgIpc) is 2.66. The predicted molar refractivity (Wildman–Crippen MR) is 96.8 cm³/mol. The van der Waals surface area contributed by atoms with E-state index in [0.717, 1.165) is 11.1 Å². The Morgan fingerprint density at radius 3 is 2.81 bits per heavy atom. The third-order valence-corrected chi connectivity index (χ3v) is 3.33. The van der Waals surface area contributed by atoms with E-state index >= 15 is 0 Å². The fraction of sp³-hybridized carbons (Fsp3) is 0.211. The van der Waals surface area contributed by atoms with Crippen molar-refractivity contribution in [3.05, 3.63) is 66.0 Å². The van der Waals surface area contributed by atoms with Gasteiger partial charge in [-0.25, -0.2) is 5.48 Å². The first-order chi connectivity index (χ1) is 12.7. The average molecular weight is 355 g/mol. The summed E-state index contributed by atoms with van der Waals surface area (Å²) in [5.41, 5.74) is 3.89. The standard InChI is InChI=1S/C19H21N3O4/c1-25-22-19(24)10-12-26-17-7-3-2-6-16(17)8-9-18(23)21-14-15-5-4-11-20-13-15/h2-9,11,13H,10,12,14H2,1H3,(H,21,23)(H,22,24)/b9-8+. The number of para-hydroxylation sites is 1. The quantitative estimate of drug-likeness (QED) is 0.529. The summed E-state index contributed by atoms with van der Waals surface area (Å²) in [6.07, 6.45) is 6.66. The Kier molecular flexibility index (Phi) is 7.82. The maximum atomic E-state index is 12.0. The number of rotatable bonds is 9. The highest BCUT2D eigenvalue weighted by Crippen LogP contribution is 2.19. The molecule has 0 bridgehead atoms. The van der Waals surface area contributed by atoms with Gasteiger partial charge in [-0.05, 0) is 23.8 Å². The van der Waals surface area contributed by atoms with Crippen molar-refractivity contribution < 1.29 is 19.2 Å². The van der Waals surface area contributed by atoms with Gasteiger partial charge in [0.1, 0.15) is 5.75 Å². The summed E-state index contributed by atoms with van der Waals surface area (Å²) in [5, 5.41) is 2.79. The van der Waals surface area contributed by atoms with E-state index in [1.807, 2.05) is 30.3 Å². The summed E-state index contributed by atoms with van der Waals surface area (Å²) >= 11 is 0. The molecule has 2 aromatic rings. The van der Waals surface area contributed by atoms with Crippen molar-refractivity contribution in [2.75, 3.05) is 13.7 Å². The van der Waals surface area contributed by atoms with E-state index in [4.69, 9.17) is 4.74 Å². The molecular weight excluding hydrogens is 334 g/mol. The Morgan fingerprint density at radius 1 is 1.19 bits per heavy atom. The zero-order chi connectivity index (χ0) is 18.6. The highest BCUT2D eigenvalue weighted by molar-refractivity contribution is 5.92. The molecule has 2 rings (SSSR count). The summed E-state index contributed by atoms with van der Waals surface area (Å²) in [5.74, 6) is 0.104. The lowest BCUT2D eigenvalue weighted by Crippen LogP contribution is -2.23. The number of carbonyl (C=O) groups is 2. The molecule has 0 saturated carbocycles. The maximum absolute atomic E-state index is 12.0. The number of ether oxygens (including phenoxy) is 1. The Hall–Kier alpha value is -3.19. The molecule has 0 radical (unpaired) electrons. The maximum Gasteiger partial charge on any atom is 0.246 e. The molecule has 0 unspecified atom stereocenters. The number of amides is 2. The molecule has 7 nitrogen and oxygen atoms in total. The molecule has 0 spiro atoms. The lowest BCUT2D eigenvalue weighted by atomic mass is 10.2. The van der Waals surface area contributed by atoms with Crippen molar-refractivity contribution in [3.8, 4) is 5.75 Å². The van der Waals surface area contributed by atoms with Gasteiger partial charge in [-0.3, -0.25) is 19.4 Å². The molecule has 0 saturated heterocycles. The first kappa shape index (κ1) is 19.1. The second kappa shape index (κ2) is 10.6. The van der Waals surface area contributed by atoms with Crippen LogP contribution in [0.1, 0.15) is 17.5 Å². The molecule has 136 valence electrons. The van der Waals surface area contributed by atoms with Gasteiger partial charge in [-0.2, -0.15) is 0 Å². The van der Waals surface area contributed by atoms with Crippen LogP contribution in [0.5, 0.6) is 5.75 Å². The fourth-order valence-electron chi connectivity index (χ4n) is 2.08. The number of hydrogen-bond acceptors (Lipinski definition) is 5. The van der Waals surface area contributed by atoms with Crippen LogP contribution in [0.3, 0.4) is 0 Å². The van der Waals surface area contributed by atoms with Crippen LogP contribution < -0.4 is 15.5 Å². The zero-order valence-electron chi connectivity index (χ0n) is 14.5. The van der Waals surface area contributed by atoms with Gasteiger partial charge < -0.3 is 10.1 Å². The highest BCUT2D eigenvalue weighted by atomic mass is 16.6. The number of benzene rings is 1. The second-order valence-electron chi connectivity index (χ2n) is 5.28. The molecule has 0 aliphatic heterocycles. The lowest BCUT2D eigenvalue weighted by molar-refractivity contribution is -0.131. The van der Waals surface area contributed by atoms with Crippen molar-refractivity contribution in [2.45, 2.75) is 13.0 Å². The minimum Gasteiger partial charge on any atom is -0.492 e. The van der Waals surface area contributed by atoms with Crippen LogP contribution in [0.4, 0.5) is 0 Å². The van der Waals surface area contributed by atoms with Gasteiger partial charge in [0.15, 0.2) is 0 Å². The minimum atomic E-state index is -0.268. The summed E-state index contributed by atoms with van der Waals surface area (Å²) < 4.78 is 5.61. The van der Waals surface area contributed by atoms with Gasteiger partial charge in [0, 0.05) is 30.6 Å². The number of hydrogen-bond donors (Lipinski definition) is 2. The van der Waals surface area contributed by atoms with Crippen LogP contribution >= 0.6 is 0 Å². The van der Waals surface area contributed by atoms with Crippen molar-refractivity contribution in [2.24, 2.45) is 0 Å². The van der Waals surface area contributed by atoms with Gasteiger partial charge >= 0.3 is 0 Å². The third kappa shape index (κ3) is 6.74. The second-order valence-corrected chi connectivity index (χ2v) is 5.28. The normalized spacial score (nSPS) is 10.5. The summed E-state index contributed by atoms with van der Waals surface area (Å²) in [7, 11) is 1.37. The van der Waals surface area contributed by atoms with Gasteiger partial charge in [-0.1, -0.05) is 24.3 Å². The number of carbonyl (C=O) groups excluding carboxylic acids is 2. The molecule has 0 aliphatic rings. The Labute approximate surface area is 152 Å². The summed E-state index contributed by atoms with van der Waals surface area (Å²) in [6, 6.07) is 11.0. The van der Waals surface area contributed by atoms with E-state index in [-0.39, 0.29) is 24.8 Å². The molecule has 0 atom stereocenters. The van der Waals surface area contributed by atoms with Crippen molar-refractivity contribution >= 4 is 17.9 Å². The Morgan fingerprint density at radius 2 is 2.04 bits per heavy atom. The van der Waals surface area contributed by atoms with Crippen LogP contribution in [0.15, 0.2) is 54.9 Å². The van der Waals surface area contributed by atoms with E-state index in [1.54, 1.807) is 24.5 Å². The molecule has 7 heteroatoms. The van der Waals surface area contributed by atoms with Gasteiger partial charge in [0.05, 0.1) is 20.1 Å². The number of hydroxylamine groups is 1. The molecule has 26 heavy (non-hydrogen) atoms. The molecule has 2 N–H and O–H groups in total. The number of nitrogens with one attached hydrogen (secondary N) is 2. The van der Waals surface area contributed by atoms with Crippen LogP contribution in [0, 0.1) is 0 Å². The van der Waals surface area contributed by atoms with Gasteiger partial charge in [0.25, 0.3) is 0 Å². The largest absolute Gasteiger partial charge is 0.492 e. The number of aromatic nitrogens is 1. The first-order valence-electron chi connectivity index (χ1n) is 8.07. The van der Waals surface area contributed by atoms with Crippen LogP contribution in [0.2, 0.25) is 0 Å². The van der Waals surface area contributed by atoms with E-state index in [9.17, 15) is 9.59 Å². The summed E-state index contributed by atoms with van der Waals surface area (Å²) in [4.78, 5) is 31.8. The highest BCUT2D eigenvalue weighted by Gasteiger charge is 2.04. The third-order valence-electron chi connectivity index (χ3n) is 3.33. The van der Waals surface area contributed by atoms with Crippen molar-refractivity contribution in [3.63, 3.8) is 0 Å². The molecule has 1 heterocycles. The minimum absolute atomic E-state index is 0.164. The Bertz CT molecular complexity index is 747. The van der Waals surface area contributed by atoms with Gasteiger partial charge in [0.2, 0.25) is 11.8 Å². The molecule has 0 fully saturated rings. The smallest absolute Gasteiger partial charge is 0.246 e. The van der Waals surface area contributed by atoms with Crippen molar-refractivity contribution in [1.29, 1.82) is 0 Å². The van der Waals surface area contributed by atoms with E-state index in [0.29, 0.717) is 12.3 Å². The fourth-order valence-corrected chi connectivity index (χ4v) is 2.08. The van der Waals surface area contributed by atoms with Crippen LogP contribution in [-0.2, 0) is 21.0 Å². The summed E-state index contributed by atoms with van der Waals surface area (Å²) in [6.45, 7) is 0.608. The van der Waals surface area contributed by atoms with Crippen molar-refractivity contribution in [1.82, 2.24) is 15.8 Å². The van der Waals surface area contributed by atoms with E-state index in [2.05, 4.69) is 20.6 Å². The molecule has 1 aromatic heterocycles. The molecule has 1 aromatic carbocycles. The van der Waals surface area contributed by atoms with E-state index < -0.39 is 0 Å². The molecule has 2 amide bonds. The Balaban J connectivity index is 1.86. The predicted octanol–water partition coefficient (Wildman–Crippen LogP) is 1.86. The van der Waals surface area contributed by atoms with Gasteiger partial charge in [-0.15, -0.1) is 0 Å². The zero-order valence-corrected chi connectivity index (χ0v) is 14.5. The van der Waals surface area contributed by atoms with Crippen LogP contribution in [-0.4, -0.2) is 30.5 Å². The molecular formula is C19H21N3O4.